The Kier molecular flexibility index (Phi) is 9.06. The molecule has 216 valence electrons. The van der Waals surface area contributed by atoms with Gasteiger partial charge in [0.25, 0.3) is 11.8 Å². The number of benzene rings is 3. The number of hydrogen-bond acceptors (Lipinski definition) is 4. The van der Waals surface area contributed by atoms with Crippen LogP contribution in [0.15, 0.2) is 90.5 Å². The molecule has 8 heteroatoms. The number of nitrogens with zero attached hydrogens (tertiary/aromatic N) is 1. The smallest absolute Gasteiger partial charge is 0.331 e. The van der Waals surface area contributed by atoms with Crippen LogP contribution in [0.3, 0.4) is 0 Å². The molecule has 0 saturated carbocycles. The summed E-state index contributed by atoms with van der Waals surface area (Å²) >= 11 is 0. The molecule has 1 unspecified atom stereocenters. The molecule has 0 aromatic heterocycles. The van der Waals surface area contributed by atoms with Crippen molar-refractivity contribution in [1.29, 1.82) is 0 Å². The first kappa shape index (κ1) is 30.0. The molecule has 0 saturated heterocycles. The minimum atomic E-state index is -1.08. The van der Waals surface area contributed by atoms with Gasteiger partial charge in [-0.05, 0) is 93.1 Å². The Bertz CT molecular complexity index is 1590. The molecule has 42 heavy (non-hydrogen) atoms. The van der Waals surface area contributed by atoms with E-state index in [1.807, 2.05) is 55.1 Å². The minimum Gasteiger partial charge on any atom is -0.481 e. The molecule has 3 N–H and O–H groups in total. The van der Waals surface area contributed by atoms with Gasteiger partial charge in [-0.1, -0.05) is 48.6 Å². The molecule has 3 aromatic rings. The number of rotatable bonds is 5. The standard InChI is InChI=1S/C25H24N2O2.C9H10O4/c1-17-7-5-10-22(18(17)2)24(28)26-21-14-12-20(13-15-21)25(29)27-16-6-9-19-8-3-4-11-23(19)27;1-9(8(12)13)4-2-3-6(5-9)7(10)11/h3-5,7-8,10-15H,6,9,16H2,1-2H3,(H,26,28);2-4H,5H2,1H3,(H,10,11)(H,12,13). The maximum Gasteiger partial charge on any atom is 0.331 e. The summed E-state index contributed by atoms with van der Waals surface area (Å²) in [5.41, 5.74) is 5.27. The van der Waals surface area contributed by atoms with Crippen molar-refractivity contribution in [2.75, 3.05) is 16.8 Å². The Balaban J connectivity index is 0.000000262. The first-order chi connectivity index (χ1) is 20.0. The summed E-state index contributed by atoms with van der Waals surface area (Å²) in [5.74, 6) is -2.22. The SMILES string of the molecule is CC1(C(=O)O)C=CC=C(C(=O)O)C1.Cc1cccc(C(=O)Nc2ccc(C(=O)N3CCCc4ccccc43)cc2)c1C. The molecule has 1 aliphatic heterocycles. The molecule has 0 bridgehead atoms. The van der Waals surface area contributed by atoms with E-state index in [9.17, 15) is 19.2 Å². The number of aryl methyl sites for hydroxylation is 2. The van der Waals surface area contributed by atoms with Gasteiger partial charge in [0.05, 0.1) is 5.41 Å². The molecule has 1 atom stereocenters. The lowest BCUT2D eigenvalue weighted by Gasteiger charge is -2.29. The van der Waals surface area contributed by atoms with Crippen LogP contribution in [-0.4, -0.2) is 40.5 Å². The minimum absolute atomic E-state index is 0.00967. The van der Waals surface area contributed by atoms with E-state index in [-0.39, 0.29) is 23.8 Å². The average molecular weight is 567 g/mol. The lowest BCUT2D eigenvalue weighted by atomic mass is 9.80. The summed E-state index contributed by atoms with van der Waals surface area (Å²) in [6.45, 7) is 6.16. The number of anilines is 2. The van der Waals surface area contributed by atoms with Crippen molar-refractivity contribution in [2.45, 2.75) is 40.0 Å². The maximum absolute atomic E-state index is 13.0. The molecule has 5 rings (SSSR count). The fourth-order valence-corrected chi connectivity index (χ4v) is 4.98. The van der Waals surface area contributed by atoms with Gasteiger partial charge in [0.1, 0.15) is 0 Å². The molecule has 1 heterocycles. The Morgan fingerprint density at radius 2 is 1.62 bits per heavy atom. The quantitative estimate of drug-likeness (QED) is 0.338. The third-order valence-electron chi connectivity index (χ3n) is 7.68. The normalized spacial score (nSPS) is 17.2. The van der Waals surface area contributed by atoms with Gasteiger partial charge >= 0.3 is 11.9 Å². The monoisotopic (exact) mass is 566 g/mol. The van der Waals surface area contributed by atoms with Gasteiger partial charge in [-0.3, -0.25) is 14.4 Å². The van der Waals surface area contributed by atoms with E-state index >= 15 is 0 Å². The molecule has 3 aromatic carbocycles. The van der Waals surface area contributed by atoms with Crippen LogP contribution in [0.4, 0.5) is 11.4 Å². The fraction of sp³-hybridized carbons (Fsp3) is 0.235. The van der Waals surface area contributed by atoms with Crippen LogP contribution in [0.1, 0.15) is 57.2 Å². The van der Waals surface area contributed by atoms with E-state index in [2.05, 4.69) is 11.4 Å². The molecule has 1 aliphatic carbocycles. The second kappa shape index (κ2) is 12.7. The van der Waals surface area contributed by atoms with Gasteiger partial charge < -0.3 is 20.4 Å². The Morgan fingerprint density at radius 3 is 2.31 bits per heavy atom. The van der Waals surface area contributed by atoms with Gasteiger partial charge in [0.2, 0.25) is 0 Å². The predicted octanol–water partition coefficient (Wildman–Crippen LogP) is 6.20. The van der Waals surface area contributed by atoms with Crippen molar-refractivity contribution in [3.63, 3.8) is 0 Å². The number of para-hydroxylation sites is 1. The van der Waals surface area contributed by atoms with Crippen molar-refractivity contribution in [3.05, 3.63) is 118 Å². The number of carbonyl (C=O) groups excluding carboxylic acids is 2. The van der Waals surface area contributed by atoms with E-state index in [4.69, 9.17) is 10.2 Å². The number of nitrogens with one attached hydrogen (secondary N) is 1. The zero-order valence-corrected chi connectivity index (χ0v) is 23.9. The van der Waals surface area contributed by atoms with Crippen LogP contribution < -0.4 is 10.2 Å². The van der Waals surface area contributed by atoms with Crippen molar-refractivity contribution >= 4 is 35.1 Å². The lowest BCUT2D eigenvalue weighted by molar-refractivity contribution is -0.145. The van der Waals surface area contributed by atoms with Gasteiger partial charge in [-0.15, -0.1) is 0 Å². The predicted molar refractivity (Wildman–Crippen MR) is 162 cm³/mol. The largest absolute Gasteiger partial charge is 0.481 e. The maximum atomic E-state index is 13.0. The summed E-state index contributed by atoms with van der Waals surface area (Å²) in [6.07, 6.45) is 6.40. The fourth-order valence-electron chi connectivity index (χ4n) is 4.98. The molecular formula is C34H34N2O6. The Labute approximate surface area is 245 Å². The third-order valence-corrected chi connectivity index (χ3v) is 7.68. The summed E-state index contributed by atoms with van der Waals surface area (Å²) in [6, 6.07) is 20.9. The van der Waals surface area contributed by atoms with Gasteiger partial charge in [-0.25, -0.2) is 4.79 Å². The topological polar surface area (TPSA) is 124 Å². The number of carbonyl (C=O) groups is 4. The average Bonchev–Trinajstić information content (AvgIpc) is 2.98. The zero-order valence-electron chi connectivity index (χ0n) is 23.9. The van der Waals surface area contributed by atoms with Crippen LogP contribution in [0.2, 0.25) is 0 Å². The van der Waals surface area contributed by atoms with E-state index < -0.39 is 17.4 Å². The highest BCUT2D eigenvalue weighted by Gasteiger charge is 2.34. The van der Waals surface area contributed by atoms with Gasteiger partial charge in [0, 0.05) is 34.6 Å². The molecule has 2 amide bonds. The second-order valence-electron chi connectivity index (χ2n) is 10.7. The zero-order chi connectivity index (χ0) is 30.4. The molecule has 8 nitrogen and oxygen atoms in total. The van der Waals surface area contributed by atoms with Crippen LogP contribution in [0.25, 0.3) is 0 Å². The number of hydrogen-bond donors (Lipinski definition) is 3. The summed E-state index contributed by atoms with van der Waals surface area (Å²) in [4.78, 5) is 48.8. The van der Waals surface area contributed by atoms with Crippen molar-refractivity contribution < 1.29 is 29.4 Å². The number of allylic oxidation sites excluding steroid dienone is 2. The Hall–Kier alpha value is -4.98. The highest BCUT2D eigenvalue weighted by atomic mass is 16.4. The van der Waals surface area contributed by atoms with Gasteiger partial charge in [0.15, 0.2) is 0 Å². The molecule has 0 fully saturated rings. The summed E-state index contributed by atoms with van der Waals surface area (Å²) in [5, 5.41) is 20.4. The van der Waals surface area contributed by atoms with Crippen LogP contribution in [-0.2, 0) is 16.0 Å². The van der Waals surface area contributed by atoms with E-state index in [1.54, 1.807) is 24.3 Å². The summed E-state index contributed by atoms with van der Waals surface area (Å²) in [7, 11) is 0. The van der Waals surface area contributed by atoms with Gasteiger partial charge in [-0.2, -0.15) is 0 Å². The second-order valence-corrected chi connectivity index (χ2v) is 10.7. The first-order valence-electron chi connectivity index (χ1n) is 13.7. The van der Waals surface area contributed by atoms with Crippen molar-refractivity contribution in [1.82, 2.24) is 0 Å². The van der Waals surface area contributed by atoms with Crippen LogP contribution >= 0.6 is 0 Å². The number of fused-ring (bicyclic) bond motifs is 1. The van der Waals surface area contributed by atoms with E-state index in [0.29, 0.717) is 16.8 Å². The number of amides is 2. The lowest BCUT2D eigenvalue weighted by Crippen LogP contribution is -2.35. The van der Waals surface area contributed by atoms with Crippen LogP contribution in [0.5, 0.6) is 0 Å². The number of carboxylic acids is 2. The first-order valence-corrected chi connectivity index (χ1v) is 13.7. The van der Waals surface area contributed by atoms with Crippen molar-refractivity contribution in [2.24, 2.45) is 5.41 Å². The number of aliphatic carboxylic acids is 2. The number of carboxylic acid groups (broad SMARTS) is 2. The third kappa shape index (κ3) is 6.66. The van der Waals surface area contributed by atoms with E-state index in [0.717, 1.165) is 36.2 Å². The molecular weight excluding hydrogens is 532 g/mol. The van der Waals surface area contributed by atoms with Crippen LogP contribution in [0, 0.1) is 19.3 Å². The summed E-state index contributed by atoms with van der Waals surface area (Å²) < 4.78 is 0. The highest BCUT2D eigenvalue weighted by molar-refractivity contribution is 6.08. The Morgan fingerprint density at radius 1 is 0.905 bits per heavy atom. The molecule has 0 spiro atoms. The molecule has 2 aliphatic rings. The molecule has 0 radical (unpaired) electrons. The van der Waals surface area contributed by atoms with E-state index in [1.165, 1.54) is 30.7 Å². The van der Waals surface area contributed by atoms with Crippen molar-refractivity contribution in [3.8, 4) is 0 Å². The highest BCUT2D eigenvalue weighted by Crippen LogP contribution is 2.31.